The number of amides is 1. The number of hydrogen-bond donors (Lipinski definition) is 2. The molecule has 4 heteroatoms. The Bertz CT molecular complexity index is 428. The molecule has 1 aliphatic rings. The van der Waals surface area contributed by atoms with E-state index < -0.39 is 0 Å². The van der Waals surface area contributed by atoms with E-state index >= 15 is 0 Å². The van der Waals surface area contributed by atoms with E-state index in [1.54, 1.807) is 0 Å². The highest BCUT2D eigenvalue weighted by Gasteiger charge is 2.37. The molecule has 0 spiro atoms. The molecule has 1 aromatic rings. The fourth-order valence-electron chi connectivity index (χ4n) is 2.44. The predicted molar refractivity (Wildman–Crippen MR) is 77.6 cm³/mol. The van der Waals surface area contributed by atoms with Crippen molar-refractivity contribution in [2.75, 3.05) is 18.4 Å². The molecule has 1 saturated heterocycles. The van der Waals surface area contributed by atoms with E-state index in [0.29, 0.717) is 0 Å². The highest BCUT2D eigenvalue weighted by molar-refractivity contribution is 9.10. The summed E-state index contributed by atoms with van der Waals surface area (Å²) in [5, 5.41) is 6.38. The Morgan fingerprint density at radius 1 is 1.50 bits per heavy atom. The van der Waals surface area contributed by atoms with Gasteiger partial charge < -0.3 is 10.6 Å². The number of piperidine rings is 1. The number of carbonyl (C=O) groups excluding carboxylic acids is 1. The van der Waals surface area contributed by atoms with Crippen LogP contribution in [0.15, 0.2) is 28.7 Å². The number of rotatable bonds is 3. The molecule has 1 aliphatic heterocycles. The van der Waals surface area contributed by atoms with Crippen molar-refractivity contribution in [2.24, 2.45) is 5.41 Å². The Kier molecular flexibility index (Phi) is 4.40. The maximum absolute atomic E-state index is 12.5. The van der Waals surface area contributed by atoms with Crippen LogP contribution in [0.25, 0.3) is 0 Å². The third-order valence-electron chi connectivity index (χ3n) is 3.75. The molecule has 3 nitrogen and oxygen atoms in total. The zero-order valence-corrected chi connectivity index (χ0v) is 12.2. The number of carbonyl (C=O) groups is 1. The van der Waals surface area contributed by atoms with Crippen molar-refractivity contribution < 1.29 is 4.79 Å². The lowest BCUT2D eigenvalue weighted by Crippen LogP contribution is -2.47. The normalized spacial score (nSPS) is 23.7. The number of hydrogen-bond acceptors (Lipinski definition) is 2. The van der Waals surface area contributed by atoms with Crippen LogP contribution in [0.1, 0.15) is 26.2 Å². The summed E-state index contributed by atoms with van der Waals surface area (Å²) in [5.74, 6) is 0.129. The van der Waals surface area contributed by atoms with E-state index in [0.717, 1.165) is 42.5 Å². The minimum Gasteiger partial charge on any atom is -0.325 e. The van der Waals surface area contributed by atoms with Gasteiger partial charge >= 0.3 is 0 Å². The highest BCUT2D eigenvalue weighted by Crippen LogP contribution is 2.32. The largest absolute Gasteiger partial charge is 0.325 e. The highest BCUT2D eigenvalue weighted by atomic mass is 79.9. The van der Waals surface area contributed by atoms with Crippen molar-refractivity contribution in [1.29, 1.82) is 0 Å². The maximum Gasteiger partial charge on any atom is 0.231 e. The molecule has 1 amide bonds. The molecule has 2 rings (SSSR count). The van der Waals surface area contributed by atoms with Gasteiger partial charge in [0.25, 0.3) is 0 Å². The first-order chi connectivity index (χ1) is 8.68. The predicted octanol–water partition coefficient (Wildman–Crippen LogP) is 3.17. The van der Waals surface area contributed by atoms with Crippen LogP contribution < -0.4 is 10.6 Å². The second kappa shape index (κ2) is 5.85. The molecule has 1 atom stereocenters. The molecule has 0 radical (unpaired) electrons. The lowest BCUT2D eigenvalue weighted by atomic mass is 9.77. The average Bonchev–Trinajstić information content (AvgIpc) is 2.42. The molecule has 1 unspecified atom stereocenters. The minimum absolute atomic E-state index is 0.129. The number of para-hydroxylation sites is 1. The van der Waals surface area contributed by atoms with Gasteiger partial charge in [-0.25, -0.2) is 0 Å². The Hall–Kier alpha value is -0.870. The van der Waals surface area contributed by atoms with Gasteiger partial charge in [-0.05, 0) is 53.9 Å². The molecule has 18 heavy (non-hydrogen) atoms. The van der Waals surface area contributed by atoms with Crippen LogP contribution in [0, 0.1) is 5.41 Å². The second-order valence-corrected chi connectivity index (χ2v) is 5.70. The van der Waals surface area contributed by atoms with Crippen LogP contribution in [0.2, 0.25) is 0 Å². The standard InChI is InChI=1S/C14H19BrN2O/c1-2-14(8-5-9-16-10-14)13(18)17-12-7-4-3-6-11(12)15/h3-4,6-7,16H,2,5,8-10H2,1H3,(H,17,18). The van der Waals surface area contributed by atoms with Gasteiger partial charge in [0.2, 0.25) is 5.91 Å². The SMILES string of the molecule is CCC1(C(=O)Nc2ccccc2Br)CCCNC1. The summed E-state index contributed by atoms with van der Waals surface area (Å²) in [7, 11) is 0. The summed E-state index contributed by atoms with van der Waals surface area (Å²) in [6, 6.07) is 7.73. The van der Waals surface area contributed by atoms with Gasteiger partial charge in [-0.2, -0.15) is 0 Å². The average molecular weight is 311 g/mol. The van der Waals surface area contributed by atoms with Crippen LogP contribution in [-0.2, 0) is 4.79 Å². The van der Waals surface area contributed by atoms with E-state index in [1.165, 1.54) is 0 Å². The minimum atomic E-state index is -0.256. The van der Waals surface area contributed by atoms with Gasteiger partial charge in [-0.15, -0.1) is 0 Å². The van der Waals surface area contributed by atoms with Crippen LogP contribution in [0.4, 0.5) is 5.69 Å². The first-order valence-corrected chi connectivity index (χ1v) is 7.24. The molecule has 1 heterocycles. The van der Waals surface area contributed by atoms with Crippen molar-refractivity contribution in [2.45, 2.75) is 26.2 Å². The fraction of sp³-hybridized carbons (Fsp3) is 0.500. The van der Waals surface area contributed by atoms with Crippen molar-refractivity contribution in [3.8, 4) is 0 Å². The van der Waals surface area contributed by atoms with E-state index in [2.05, 4.69) is 33.5 Å². The molecular formula is C14H19BrN2O. The molecule has 0 saturated carbocycles. The second-order valence-electron chi connectivity index (χ2n) is 4.85. The Morgan fingerprint density at radius 2 is 2.28 bits per heavy atom. The molecule has 1 aromatic carbocycles. The van der Waals surface area contributed by atoms with Gasteiger partial charge in [0, 0.05) is 11.0 Å². The summed E-state index contributed by atoms with van der Waals surface area (Å²) < 4.78 is 0.924. The number of halogens is 1. The Morgan fingerprint density at radius 3 is 2.89 bits per heavy atom. The van der Waals surface area contributed by atoms with E-state index in [4.69, 9.17) is 0 Å². The summed E-state index contributed by atoms with van der Waals surface area (Å²) in [5.41, 5.74) is 0.592. The first kappa shape index (κ1) is 13.6. The first-order valence-electron chi connectivity index (χ1n) is 6.45. The summed E-state index contributed by atoms with van der Waals surface area (Å²) in [6.45, 7) is 3.89. The van der Waals surface area contributed by atoms with Crippen LogP contribution in [0.5, 0.6) is 0 Å². The molecule has 0 aromatic heterocycles. The van der Waals surface area contributed by atoms with E-state index in [1.807, 2.05) is 24.3 Å². The van der Waals surface area contributed by atoms with Crippen LogP contribution in [-0.4, -0.2) is 19.0 Å². The van der Waals surface area contributed by atoms with E-state index in [-0.39, 0.29) is 11.3 Å². The molecule has 1 fully saturated rings. The van der Waals surface area contributed by atoms with Crippen molar-refractivity contribution in [3.63, 3.8) is 0 Å². The third kappa shape index (κ3) is 2.75. The number of nitrogens with one attached hydrogen (secondary N) is 2. The zero-order valence-electron chi connectivity index (χ0n) is 10.6. The summed E-state index contributed by atoms with van der Waals surface area (Å²) in [6.07, 6.45) is 2.90. The van der Waals surface area contributed by atoms with Crippen molar-refractivity contribution >= 4 is 27.5 Å². The van der Waals surface area contributed by atoms with Crippen molar-refractivity contribution in [3.05, 3.63) is 28.7 Å². The van der Waals surface area contributed by atoms with E-state index in [9.17, 15) is 4.79 Å². The van der Waals surface area contributed by atoms with Gasteiger partial charge in [-0.1, -0.05) is 19.1 Å². The third-order valence-corrected chi connectivity index (χ3v) is 4.44. The smallest absolute Gasteiger partial charge is 0.231 e. The van der Waals surface area contributed by atoms with Crippen LogP contribution >= 0.6 is 15.9 Å². The topological polar surface area (TPSA) is 41.1 Å². The van der Waals surface area contributed by atoms with Gasteiger partial charge in [0.05, 0.1) is 11.1 Å². The lowest BCUT2D eigenvalue weighted by molar-refractivity contribution is -0.126. The quantitative estimate of drug-likeness (QED) is 0.900. The zero-order chi connectivity index (χ0) is 13.0. The lowest BCUT2D eigenvalue weighted by Gasteiger charge is -2.35. The molecule has 2 N–H and O–H groups in total. The number of anilines is 1. The molecule has 0 aliphatic carbocycles. The summed E-state index contributed by atoms with van der Waals surface area (Å²) >= 11 is 3.46. The van der Waals surface area contributed by atoms with Crippen molar-refractivity contribution in [1.82, 2.24) is 5.32 Å². The molecule has 0 bridgehead atoms. The molecule has 98 valence electrons. The fourth-order valence-corrected chi connectivity index (χ4v) is 2.83. The number of benzene rings is 1. The van der Waals surface area contributed by atoms with Gasteiger partial charge in [0.15, 0.2) is 0 Å². The van der Waals surface area contributed by atoms with Gasteiger partial charge in [0.1, 0.15) is 0 Å². The van der Waals surface area contributed by atoms with Gasteiger partial charge in [-0.3, -0.25) is 4.79 Å². The van der Waals surface area contributed by atoms with Crippen LogP contribution in [0.3, 0.4) is 0 Å². The monoisotopic (exact) mass is 310 g/mol. The maximum atomic E-state index is 12.5. The summed E-state index contributed by atoms with van der Waals surface area (Å²) in [4.78, 5) is 12.5. The Balaban J connectivity index is 2.13. The molecular weight excluding hydrogens is 292 g/mol. The Labute approximate surface area is 116 Å².